The molecule has 0 amide bonds. The van der Waals surface area contributed by atoms with Crippen LogP contribution >= 0.6 is 0 Å². The van der Waals surface area contributed by atoms with Crippen LogP contribution in [0.4, 0.5) is 5.69 Å². The molecule has 3 heteroatoms. The Kier molecular flexibility index (Phi) is 2.52. The van der Waals surface area contributed by atoms with Crippen LogP contribution in [0, 0.1) is 6.92 Å². The van der Waals surface area contributed by atoms with Crippen molar-refractivity contribution in [2.24, 2.45) is 0 Å². The predicted molar refractivity (Wildman–Crippen MR) is 74.4 cm³/mol. The fraction of sp³-hybridized carbons (Fsp3) is 0.133. The van der Waals surface area contributed by atoms with E-state index in [1.165, 1.54) is 10.9 Å². The number of fused-ring (bicyclic) bond motifs is 1. The molecule has 0 radical (unpaired) electrons. The zero-order valence-electron chi connectivity index (χ0n) is 10.3. The van der Waals surface area contributed by atoms with Crippen molar-refractivity contribution < 1.29 is 0 Å². The van der Waals surface area contributed by atoms with Crippen LogP contribution in [0.25, 0.3) is 10.9 Å². The second-order valence-electron chi connectivity index (χ2n) is 4.50. The molecule has 2 heterocycles. The van der Waals surface area contributed by atoms with Gasteiger partial charge in [-0.1, -0.05) is 18.2 Å². The van der Waals surface area contributed by atoms with Crippen molar-refractivity contribution in [3.05, 3.63) is 60.0 Å². The third-order valence-electron chi connectivity index (χ3n) is 3.26. The summed E-state index contributed by atoms with van der Waals surface area (Å²) in [6.07, 6.45) is 3.90. The summed E-state index contributed by atoms with van der Waals surface area (Å²) in [5.74, 6) is 0. The van der Waals surface area contributed by atoms with E-state index in [0.29, 0.717) is 0 Å². The van der Waals surface area contributed by atoms with Gasteiger partial charge in [0.25, 0.3) is 0 Å². The monoisotopic (exact) mass is 237 g/mol. The molecule has 0 unspecified atom stereocenters. The number of benzene rings is 1. The van der Waals surface area contributed by atoms with Gasteiger partial charge < -0.3 is 10.3 Å². The lowest BCUT2D eigenvalue weighted by Gasteiger charge is -2.08. The minimum absolute atomic E-state index is 0.754. The highest BCUT2D eigenvalue weighted by atomic mass is 15.0. The van der Waals surface area contributed by atoms with Crippen LogP contribution in [-0.2, 0) is 6.54 Å². The number of rotatable bonds is 2. The van der Waals surface area contributed by atoms with E-state index in [-0.39, 0.29) is 0 Å². The Morgan fingerprint density at radius 1 is 1.17 bits per heavy atom. The first-order valence-corrected chi connectivity index (χ1v) is 5.99. The molecule has 90 valence electrons. The average molecular weight is 237 g/mol. The minimum Gasteiger partial charge on any atom is -0.397 e. The second kappa shape index (κ2) is 4.18. The van der Waals surface area contributed by atoms with Gasteiger partial charge in [-0.15, -0.1) is 0 Å². The second-order valence-corrected chi connectivity index (χ2v) is 4.50. The maximum atomic E-state index is 6.05. The van der Waals surface area contributed by atoms with Gasteiger partial charge >= 0.3 is 0 Å². The number of hydrogen-bond acceptors (Lipinski definition) is 2. The van der Waals surface area contributed by atoms with E-state index < -0.39 is 0 Å². The third-order valence-corrected chi connectivity index (χ3v) is 3.26. The van der Waals surface area contributed by atoms with Crippen LogP contribution in [0.1, 0.15) is 11.3 Å². The first-order valence-electron chi connectivity index (χ1n) is 5.99. The van der Waals surface area contributed by atoms with E-state index in [1.807, 2.05) is 24.4 Å². The Morgan fingerprint density at radius 2 is 2.06 bits per heavy atom. The predicted octanol–water partition coefficient (Wildman–Crippen LogP) is 2.98. The van der Waals surface area contributed by atoms with E-state index in [9.17, 15) is 0 Å². The molecule has 0 atom stereocenters. The van der Waals surface area contributed by atoms with Crippen LogP contribution in [-0.4, -0.2) is 9.55 Å². The van der Waals surface area contributed by atoms with Crippen molar-refractivity contribution in [2.75, 3.05) is 5.73 Å². The molecule has 0 aliphatic rings. The number of nitrogens with zero attached hydrogens (tertiary/aromatic N) is 2. The summed E-state index contributed by atoms with van der Waals surface area (Å²) in [4.78, 5) is 4.43. The van der Waals surface area contributed by atoms with Crippen LogP contribution in [0.5, 0.6) is 0 Å². The largest absolute Gasteiger partial charge is 0.397 e. The van der Waals surface area contributed by atoms with Crippen molar-refractivity contribution in [2.45, 2.75) is 13.5 Å². The van der Waals surface area contributed by atoms with Gasteiger partial charge in [-0.2, -0.15) is 0 Å². The van der Waals surface area contributed by atoms with Gasteiger partial charge in [0.05, 0.1) is 23.4 Å². The highest BCUT2D eigenvalue weighted by Crippen LogP contribution is 2.23. The molecular formula is C15H15N3. The van der Waals surface area contributed by atoms with Gasteiger partial charge in [-0.25, -0.2) is 0 Å². The topological polar surface area (TPSA) is 43.8 Å². The molecule has 3 rings (SSSR count). The Morgan fingerprint density at radius 3 is 2.89 bits per heavy atom. The number of nitrogens with two attached hydrogens (primary N) is 1. The number of aryl methyl sites for hydroxylation is 1. The zero-order valence-corrected chi connectivity index (χ0v) is 10.3. The fourth-order valence-corrected chi connectivity index (χ4v) is 2.27. The molecule has 3 nitrogen and oxygen atoms in total. The number of aromatic nitrogens is 2. The van der Waals surface area contributed by atoms with Gasteiger partial charge in [0, 0.05) is 17.8 Å². The van der Waals surface area contributed by atoms with Gasteiger partial charge in [-0.05, 0) is 30.7 Å². The van der Waals surface area contributed by atoms with Crippen LogP contribution in [0.2, 0.25) is 0 Å². The van der Waals surface area contributed by atoms with E-state index in [1.54, 1.807) is 0 Å². The Bertz CT molecular complexity index is 698. The molecule has 0 bridgehead atoms. The summed E-state index contributed by atoms with van der Waals surface area (Å²) < 4.78 is 2.15. The number of hydrogen-bond donors (Lipinski definition) is 1. The Labute approximate surface area is 106 Å². The Balaban J connectivity index is 2.09. The summed E-state index contributed by atoms with van der Waals surface area (Å²) in [7, 11) is 0. The maximum Gasteiger partial charge on any atom is 0.0717 e. The third kappa shape index (κ3) is 1.74. The van der Waals surface area contributed by atoms with E-state index in [0.717, 1.165) is 23.4 Å². The summed E-state index contributed by atoms with van der Waals surface area (Å²) in [6.45, 7) is 2.84. The van der Waals surface area contributed by atoms with Crippen LogP contribution < -0.4 is 5.73 Å². The van der Waals surface area contributed by atoms with Crippen LogP contribution in [0.15, 0.2) is 48.8 Å². The fourth-order valence-electron chi connectivity index (χ4n) is 2.27. The molecule has 0 aliphatic heterocycles. The lowest BCUT2D eigenvalue weighted by molar-refractivity contribution is 0.800. The summed E-state index contributed by atoms with van der Waals surface area (Å²) in [5.41, 5.74) is 10.2. The summed E-state index contributed by atoms with van der Waals surface area (Å²) in [6, 6.07) is 12.1. The van der Waals surface area contributed by atoms with Crippen LogP contribution in [0.3, 0.4) is 0 Å². The molecule has 0 fully saturated rings. The van der Waals surface area contributed by atoms with E-state index >= 15 is 0 Å². The number of nitrogen functional groups attached to an aromatic ring is 1. The van der Waals surface area contributed by atoms with Crippen molar-refractivity contribution in [3.63, 3.8) is 0 Å². The van der Waals surface area contributed by atoms with Crippen molar-refractivity contribution >= 4 is 16.6 Å². The first kappa shape index (κ1) is 10.8. The normalized spacial score (nSPS) is 10.9. The highest BCUT2D eigenvalue weighted by molar-refractivity contribution is 5.90. The van der Waals surface area contributed by atoms with Gasteiger partial charge in [0.15, 0.2) is 0 Å². The number of pyridine rings is 1. The van der Waals surface area contributed by atoms with Gasteiger partial charge in [0.2, 0.25) is 0 Å². The molecule has 2 aromatic heterocycles. The average Bonchev–Trinajstić information content (AvgIpc) is 2.77. The minimum atomic E-state index is 0.754. The van der Waals surface area contributed by atoms with Crippen molar-refractivity contribution in [3.8, 4) is 0 Å². The number of anilines is 1. The molecule has 18 heavy (non-hydrogen) atoms. The molecule has 2 N–H and O–H groups in total. The summed E-state index contributed by atoms with van der Waals surface area (Å²) >= 11 is 0. The molecule has 0 spiro atoms. The van der Waals surface area contributed by atoms with E-state index in [2.05, 4.69) is 40.9 Å². The molecule has 3 aromatic rings. The molecule has 0 saturated heterocycles. The first-order chi connectivity index (χ1) is 8.75. The maximum absolute atomic E-state index is 6.05. The van der Waals surface area contributed by atoms with Crippen molar-refractivity contribution in [1.82, 2.24) is 9.55 Å². The zero-order chi connectivity index (χ0) is 12.5. The molecule has 1 aromatic carbocycles. The quantitative estimate of drug-likeness (QED) is 0.696. The lowest BCUT2D eigenvalue weighted by Crippen LogP contribution is -2.03. The summed E-state index contributed by atoms with van der Waals surface area (Å²) in [5, 5.41) is 1.17. The molecule has 0 saturated carbocycles. The van der Waals surface area contributed by atoms with Crippen molar-refractivity contribution in [1.29, 1.82) is 0 Å². The highest BCUT2D eigenvalue weighted by Gasteiger charge is 2.06. The lowest BCUT2D eigenvalue weighted by atomic mass is 10.2. The standard InChI is InChI=1S/C15H15N3/c1-11-4-3-8-17-14(11)10-18-9-7-12-5-2-6-13(16)15(12)18/h2-9H,10,16H2,1H3. The Hall–Kier alpha value is -2.29. The molecule has 0 aliphatic carbocycles. The smallest absolute Gasteiger partial charge is 0.0717 e. The van der Waals surface area contributed by atoms with E-state index in [4.69, 9.17) is 5.73 Å². The molecular weight excluding hydrogens is 222 g/mol. The number of para-hydroxylation sites is 1. The van der Waals surface area contributed by atoms with Gasteiger partial charge in [0.1, 0.15) is 0 Å². The van der Waals surface area contributed by atoms with Gasteiger partial charge in [-0.3, -0.25) is 4.98 Å². The SMILES string of the molecule is Cc1cccnc1Cn1ccc2cccc(N)c21.